The molecule has 1 aromatic carbocycles. The Morgan fingerprint density at radius 1 is 1.45 bits per heavy atom. The molecule has 20 heavy (non-hydrogen) atoms. The number of hydrogen-bond donors (Lipinski definition) is 4. The number of fused-ring (bicyclic) bond motifs is 1. The molecule has 2 rings (SSSR count). The highest BCUT2D eigenvalue weighted by Gasteiger charge is 2.19. The maximum atomic E-state index is 11.9. The number of benzene rings is 1. The van der Waals surface area contributed by atoms with Crippen molar-refractivity contribution in [1.29, 1.82) is 0 Å². The number of aliphatic hydroxyl groups is 1. The van der Waals surface area contributed by atoms with Crippen molar-refractivity contribution >= 4 is 16.8 Å². The summed E-state index contributed by atoms with van der Waals surface area (Å²) in [6, 6.07) is 7.27. The molecule has 0 aliphatic rings. The van der Waals surface area contributed by atoms with Gasteiger partial charge in [0.15, 0.2) is 0 Å². The second kappa shape index (κ2) is 5.64. The summed E-state index contributed by atoms with van der Waals surface area (Å²) in [4.78, 5) is 15.1. The molecule has 5 heteroatoms. The van der Waals surface area contributed by atoms with E-state index in [1.165, 1.54) is 0 Å². The van der Waals surface area contributed by atoms with Crippen LogP contribution in [-0.2, 0) is 11.2 Å². The van der Waals surface area contributed by atoms with E-state index in [-0.39, 0.29) is 12.5 Å². The van der Waals surface area contributed by atoms with Crippen molar-refractivity contribution in [3.8, 4) is 0 Å². The molecule has 0 aliphatic carbocycles. The standard InChI is InChI=1S/C15H21N3O2/c1-15(2,20)9-18-14(19)12(16)7-10-8-17-13-6-4-3-5-11(10)13/h3-6,8,12,17,20H,7,9,16H2,1-2H3,(H,18,19)/t12-/m0/s1. The fraction of sp³-hybridized carbons (Fsp3) is 0.400. The lowest BCUT2D eigenvalue weighted by atomic mass is 10.0. The van der Waals surface area contributed by atoms with Crippen LogP contribution in [0.2, 0.25) is 0 Å². The van der Waals surface area contributed by atoms with Gasteiger partial charge in [0.05, 0.1) is 11.6 Å². The topological polar surface area (TPSA) is 91.1 Å². The highest BCUT2D eigenvalue weighted by molar-refractivity contribution is 5.86. The maximum absolute atomic E-state index is 11.9. The summed E-state index contributed by atoms with van der Waals surface area (Å²) in [6.07, 6.45) is 2.34. The van der Waals surface area contributed by atoms with Crippen molar-refractivity contribution in [2.45, 2.75) is 31.9 Å². The van der Waals surface area contributed by atoms with Gasteiger partial charge < -0.3 is 21.1 Å². The van der Waals surface area contributed by atoms with E-state index in [0.717, 1.165) is 16.5 Å². The summed E-state index contributed by atoms with van der Waals surface area (Å²) in [5.74, 6) is -0.252. The number of amides is 1. The molecule has 0 spiro atoms. The third-order valence-electron chi connectivity index (χ3n) is 3.15. The molecule has 1 atom stereocenters. The minimum absolute atomic E-state index is 0.188. The number of hydrogen-bond acceptors (Lipinski definition) is 3. The molecular weight excluding hydrogens is 254 g/mol. The molecule has 0 aliphatic heterocycles. The number of nitrogens with one attached hydrogen (secondary N) is 2. The molecule has 1 amide bonds. The third kappa shape index (κ3) is 3.59. The van der Waals surface area contributed by atoms with Crippen LogP contribution in [0.3, 0.4) is 0 Å². The fourth-order valence-electron chi connectivity index (χ4n) is 2.06. The Hall–Kier alpha value is -1.85. The van der Waals surface area contributed by atoms with Crippen molar-refractivity contribution in [1.82, 2.24) is 10.3 Å². The Labute approximate surface area is 118 Å². The van der Waals surface area contributed by atoms with Crippen LogP contribution in [0, 0.1) is 0 Å². The average Bonchev–Trinajstić information content (AvgIpc) is 2.78. The van der Waals surface area contributed by atoms with Gasteiger partial charge in [-0.15, -0.1) is 0 Å². The van der Waals surface area contributed by atoms with Crippen LogP contribution in [0.5, 0.6) is 0 Å². The predicted molar refractivity (Wildman–Crippen MR) is 79.3 cm³/mol. The number of carbonyl (C=O) groups is 1. The first kappa shape index (κ1) is 14.6. The number of carbonyl (C=O) groups excluding carboxylic acids is 1. The second-order valence-corrected chi connectivity index (χ2v) is 5.70. The Balaban J connectivity index is 2.00. The van der Waals surface area contributed by atoms with Crippen LogP contribution >= 0.6 is 0 Å². The maximum Gasteiger partial charge on any atom is 0.237 e. The van der Waals surface area contributed by atoms with E-state index in [1.807, 2.05) is 30.5 Å². The van der Waals surface area contributed by atoms with Crippen LogP contribution in [0.1, 0.15) is 19.4 Å². The van der Waals surface area contributed by atoms with E-state index < -0.39 is 11.6 Å². The van der Waals surface area contributed by atoms with Gasteiger partial charge in [-0.3, -0.25) is 4.79 Å². The van der Waals surface area contributed by atoms with Crippen LogP contribution < -0.4 is 11.1 Å². The van der Waals surface area contributed by atoms with Gasteiger partial charge in [-0.05, 0) is 31.9 Å². The van der Waals surface area contributed by atoms with Crippen molar-refractivity contribution in [2.75, 3.05) is 6.54 Å². The molecule has 0 saturated heterocycles. The summed E-state index contributed by atoms with van der Waals surface area (Å²) < 4.78 is 0. The summed E-state index contributed by atoms with van der Waals surface area (Å²) in [6.45, 7) is 3.46. The van der Waals surface area contributed by atoms with E-state index in [9.17, 15) is 9.90 Å². The van der Waals surface area contributed by atoms with Crippen LogP contribution in [0.15, 0.2) is 30.5 Å². The van der Waals surface area contributed by atoms with Gasteiger partial charge in [-0.2, -0.15) is 0 Å². The number of aromatic amines is 1. The van der Waals surface area contributed by atoms with Crippen LogP contribution in [0.4, 0.5) is 0 Å². The van der Waals surface area contributed by atoms with Crippen molar-refractivity contribution in [3.63, 3.8) is 0 Å². The van der Waals surface area contributed by atoms with E-state index in [4.69, 9.17) is 5.73 Å². The molecule has 0 bridgehead atoms. The Morgan fingerprint density at radius 3 is 2.85 bits per heavy atom. The van der Waals surface area contributed by atoms with Gasteiger partial charge in [0.2, 0.25) is 5.91 Å². The number of H-pyrrole nitrogens is 1. The Morgan fingerprint density at radius 2 is 2.15 bits per heavy atom. The molecule has 108 valence electrons. The average molecular weight is 275 g/mol. The quantitative estimate of drug-likeness (QED) is 0.654. The number of para-hydroxylation sites is 1. The number of nitrogens with two attached hydrogens (primary N) is 1. The molecular formula is C15H21N3O2. The largest absolute Gasteiger partial charge is 0.389 e. The van der Waals surface area contributed by atoms with E-state index in [1.54, 1.807) is 13.8 Å². The van der Waals surface area contributed by atoms with Crippen molar-refractivity contribution in [2.24, 2.45) is 5.73 Å². The fourth-order valence-corrected chi connectivity index (χ4v) is 2.06. The molecule has 1 aromatic heterocycles. The SMILES string of the molecule is CC(C)(O)CNC(=O)[C@@H](N)Cc1c[nH]c2ccccc12. The third-order valence-corrected chi connectivity index (χ3v) is 3.15. The summed E-state index contributed by atoms with van der Waals surface area (Å²) >= 11 is 0. The van der Waals surface area contributed by atoms with Gasteiger partial charge in [-0.1, -0.05) is 18.2 Å². The van der Waals surface area contributed by atoms with Crippen molar-refractivity contribution in [3.05, 3.63) is 36.0 Å². The zero-order valence-corrected chi connectivity index (χ0v) is 11.8. The minimum Gasteiger partial charge on any atom is -0.389 e. The smallest absolute Gasteiger partial charge is 0.237 e. The Kier molecular flexibility index (Phi) is 4.11. The van der Waals surface area contributed by atoms with Gasteiger partial charge in [0.25, 0.3) is 0 Å². The lowest BCUT2D eigenvalue weighted by Crippen LogP contribution is -2.46. The first-order valence-electron chi connectivity index (χ1n) is 6.67. The van der Waals surface area contributed by atoms with Gasteiger partial charge in [-0.25, -0.2) is 0 Å². The monoisotopic (exact) mass is 275 g/mol. The van der Waals surface area contributed by atoms with E-state index >= 15 is 0 Å². The second-order valence-electron chi connectivity index (χ2n) is 5.70. The van der Waals surface area contributed by atoms with Gasteiger partial charge in [0, 0.05) is 23.6 Å². The molecule has 0 saturated carbocycles. The highest BCUT2D eigenvalue weighted by Crippen LogP contribution is 2.18. The zero-order valence-electron chi connectivity index (χ0n) is 11.8. The van der Waals surface area contributed by atoms with E-state index in [2.05, 4.69) is 10.3 Å². The molecule has 2 aromatic rings. The normalized spacial score (nSPS) is 13.4. The molecule has 0 fully saturated rings. The van der Waals surface area contributed by atoms with Crippen LogP contribution in [-0.4, -0.2) is 34.2 Å². The molecule has 1 heterocycles. The first-order valence-corrected chi connectivity index (χ1v) is 6.67. The lowest BCUT2D eigenvalue weighted by molar-refractivity contribution is -0.123. The first-order chi connectivity index (χ1) is 9.37. The molecule has 0 unspecified atom stereocenters. The zero-order chi connectivity index (χ0) is 14.8. The molecule has 0 radical (unpaired) electrons. The number of rotatable bonds is 5. The summed E-state index contributed by atoms with van der Waals surface area (Å²) in [5.41, 5.74) is 7.04. The summed E-state index contributed by atoms with van der Waals surface area (Å²) in [5, 5.41) is 13.3. The summed E-state index contributed by atoms with van der Waals surface area (Å²) in [7, 11) is 0. The van der Waals surface area contributed by atoms with Gasteiger partial charge >= 0.3 is 0 Å². The highest BCUT2D eigenvalue weighted by atomic mass is 16.3. The molecule has 5 nitrogen and oxygen atoms in total. The van der Waals surface area contributed by atoms with Gasteiger partial charge in [0.1, 0.15) is 0 Å². The number of aromatic nitrogens is 1. The lowest BCUT2D eigenvalue weighted by Gasteiger charge is -2.19. The van der Waals surface area contributed by atoms with E-state index in [0.29, 0.717) is 6.42 Å². The Bertz CT molecular complexity index is 598. The minimum atomic E-state index is -0.934. The molecule has 5 N–H and O–H groups in total. The predicted octanol–water partition coefficient (Wildman–Crippen LogP) is 0.925. The van der Waals surface area contributed by atoms with Crippen molar-refractivity contribution < 1.29 is 9.90 Å². The van der Waals surface area contributed by atoms with Crippen LogP contribution in [0.25, 0.3) is 10.9 Å².